The van der Waals surface area contributed by atoms with Gasteiger partial charge in [0.2, 0.25) is 5.91 Å². The molecule has 0 aliphatic heterocycles. The molecule has 0 bridgehead atoms. The number of carboxylic acids is 1. The van der Waals surface area contributed by atoms with E-state index in [0.717, 1.165) is 128 Å². The third-order valence-corrected chi connectivity index (χ3v) is 8.91. The number of rotatable bonds is 38. The van der Waals surface area contributed by atoms with Crippen LogP contribution in [0.4, 0.5) is 0 Å². The molecule has 6 heteroatoms. The van der Waals surface area contributed by atoms with Crippen molar-refractivity contribution in [3.8, 4) is 0 Å². The quantitative estimate of drug-likeness (QED) is 0.0370. The Labute approximate surface area is 342 Å². The van der Waals surface area contributed by atoms with Gasteiger partial charge in [0.1, 0.15) is 12.6 Å². The molecule has 0 aromatic carbocycles. The minimum absolute atomic E-state index is 0.118. The van der Waals surface area contributed by atoms with Crippen molar-refractivity contribution >= 4 is 17.8 Å². The van der Waals surface area contributed by atoms with Crippen LogP contribution in [0, 0.1) is 0 Å². The second-order valence-electron chi connectivity index (χ2n) is 14.2. The first-order valence-corrected chi connectivity index (χ1v) is 22.0. The number of carboxylic acid groups (broad SMARTS) is 1. The number of unbranched alkanes of at least 4 members (excludes halogenated alkanes) is 11. The highest BCUT2D eigenvalue weighted by Crippen LogP contribution is 2.14. The molecule has 0 fully saturated rings. The van der Waals surface area contributed by atoms with Crippen LogP contribution in [0.1, 0.15) is 174 Å². The smallest absolute Gasteiger partial charge is 0.322 e. The average molecular weight is 774 g/mol. The van der Waals surface area contributed by atoms with E-state index in [2.05, 4.69) is 122 Å². The summed E-state index contributed by atoms with van der Waals surface area (Å²) < 4.78 is 5.91. The van der Waals surface area contributed by atoms with Gasteiger partial charge in [-0.2, -0.15) is 0 Å². The third-order valence-electron chi connectivity index (χ3n) is 8.91. The standard InChI is InChI=1S/C50H79NO5/c1-3-5-7-9-11-13-15-16-17-18-19-20-21-22-23-24-25-26-28-30-32-37-41-45-50(55)56-47(42-38-34-31-29-27-14-12-10-8-6-4-2)43-39-35-33-36-40-44-48(52)51-46-49(53)54/h5,7,11-14,16-17,19-20,22-23,25-26,29,31,38,42,47H,3-4,6,8-10,15,18,21,24,27-28,30,32-37,39-41,43-46H2,1-2H3,(H,51,52)(H,53,54)/b7-5-,13-11-,14-12-,17-16-,20-19-,23-22-,26-25-,31-29-,42-38-. The molecule has 56 heavy (non-hydrogen) atoms. The van der Waals surface area contributed by atoms with Crippen LogP contribution in [-0.4, -0.2) is 35.6 Å². The van der Waals surface area contributed by atoms with Crippen molar-refractivity contribution < 1.29 is 24.2 Å². The van der Waals surface area contributed by atoms with Crippen molar-refractivity contribution in [1.82, 2.24) is 5.32 Å². The predicted octanol–water partition coefficient (Wildman–Crippen LogP) is 13.9. The number of allylic oxidation sites excluding steroid dienone is 17. The van der Waals surface area contributed by atoms with Crippen LogP contribution in [0.3, 0.4) is 0 Å². The maximum atomic E-state index is 12.7. The Kier molecular flexibility index (Phi) is 40.7. The molecule has 6 nitrogen and oxygen atoms in total. The zero-order chi connectivity index (χ0) is 40.8. The highest BCUT2D eigenvalue weighted by Gasteiger charge is 2.11. The summed E-state index contributed by atoms with van der Waals surface area (Å²) in [4.78, 5) is 35.0. The van der Waals surface area contributed by atoms with Gasteiger partial charge in [0.15, 0.2) is 0 Å². The Balaban J connectivity index is 4.28. The zero-order valence-electron chi connectivity index (χ0n) is 35.4. The highest BCUT2D eigenvalue weighted by molar-refractivity contribution is 5.80. The van der Waals surface area contributed by atoms with Gasteiger partial charge in [-0.05, 0) is 109 Å². The normalized spacial score (nSPS) is 13.2. The molecule has 1 amide bonds. The van der Waals surface area contributed by atoms with Gasteiger partial charge in [-0.1, -0.05) is 162 Å². The first-order valence-electron chi connectivity index (χ1n) is 22.0. The van der Waals surface area contributed by atoms with Crippen LogP contribution in [0.5, 0.6) is 0 Å². The fourth-order valence-electron chi connectivity index (χ4n) is 5.68. The number of amides is 1. The largest absolute Gasteiger partial charge is 0.480 e. The van der Waals surface area contributed by atoms with E-state index < -0.39 is 5.97 Å². The Morgan fingerprint density at radius 1 is 0.500 bits per heavy atom. The number of carbonyl (C=O) groups excluding carboxylic acids is 2. The van der Waals surface area contributed by atoms with Crippen molar-refractivity contribution in [2.75, 3.05) is 6.54 Å². The lowest BCUT2D eigenvalue weighted by molar-refractivity contribution is -0.147. The molecule has 0 aromatic rings. The van der Waals surface area contributed by atoms with Crippen LogP contribution in [0.25, 0.3) is 0 Å². The Bertz CT molecular complexity index is 1220. The van der Waals surface area contributed by atoms with Gasteiger partial charge in [-0.15, -0.1) is 0 Å². The van der Waals surface area contributed by atoms with Gasteiger partial charge >= 0.3 is 11.9 Å². The van der Waals surface area contributed by atoms with E-state index >= 15 is 0 Å². The molecule has 0 radical (unpaired) electrons. The molecule has 2 N–H and O–H groups in total. The number of esters is 1. The summed E-state index contributed by atoms with van der Waals surface area (Å²) in [6.45, 7) is 4.05. The molecule has 0 aliphatic carbocycles. The summed E-state index contributed by atoms with van der Waals surface area (Å²) in [5.74, 6) is -1.36. The fraction of sp³-hybridized carbons (Fsp3) is 0.580. The van der Waals surface area contributed by atoms with Crippen LogP contribution >= 0.6 is 0 Å². The van der Waals surface area contributed by atoms with Crippen LogP contribution in [0.15, 0.2) is 109 Å². The highest BCUT2D eigenvalue weighted by atomic mass is 16.5. The SMILES string of the molecule is CC/C=C\C/C=C\C/C=C\C/C=C\C/C=C\C/C=C\CCCCCCC(=O)OC(/C=C\C/C=C\C/C=C\CCCCC)CCCCCCCC(=O)NCC(=O)O. The predicted molar refractivity (Wildman–Crippen MR) is 240 cm³/mol. The molecule has 0 spiro atoms. The van der Waals surface area contributed by atoms with Gasteiger partial charge in [-0.25, -0.2) is 0 Å². The monoisotopic (exact) mass is 774 g/mol. The maximum absolute atomic E-state index is 12.7. The first kappa shape index (κ1) is 52.1. The van der Waals surface area contributed by atoms with Crippen molar-refractivity contribution in [1.29, 1.82) is 0 Å². The summed E-state index contributed by atoms with van der Waals surface area (Å²) in [6, 6.07) is 0. The van der Waals surface area contributed by atoms with E-state index in [9.17, 15) is 14.4 Å². The number of aliphatic carboxylic acids is 1. The molecule has 0 saturated carbocycles. The third kappa shape index (κ3) is 42.8. The van der Waals surface area contributed by atoms with Gasteiger partial charge in [0.05, 0.1) is 0 Å². The summed E-state index contributed by atoms with van der Waals surface area (Å²) in [5, 5.41) is 11.1. The van der Waals surface area contributed by atoms with Gasteiger partial charge in [0.25, 0.3) is 0 Å². The molecule has 0 aromatic heterocycles. The molecule has 0 heterocycles. The average Bonchev–Trinajstić information content (AvgIpc) is 3.18. The second kappa shape index (κ2) is 43.8. The van der Waals surface area contributed by atoms with Crippen molar-refractivity contribution in [2.24, 2.45) is 0 Å². The van der Waals surface area contributed by atoms with Gasteiger partial charge in [-0.3, -0.25) is 14.4 Å². The Hall–Kier alpha value is -3.93. The minimum Gasteiger partial charge on any atom is -0.480 e. The number of hydrogen-bond acceptors (Lipinski definition) is 4. The fourth-order valence-corrected chi connectivity index (χ4v) is 5.68. The van der Waals surface area contributed by atoms with Crippen LogP contribution in [0.2, 0.25) is 0 Å². The number of nitrogens with one attached hydrogen (secondary N) is 1. The lowest BCUT2D eigenvalue weighted by Crippen LogP contribution is -2.28. The van der Waals surface area contributed by atoms with Crippen molar-refractivity contribution in [3.63, 3.8) is 0 Å². The van der Waals surface area contributed by atoms with E-state index in [1.165, 1.54) is 19.3 Å². The summed E-state index contributed by atoms with van der Waals surface area (Å²) in [6.07, 6.45) is 63.7. The molecule has 1 unspecified atom stereocenters. The molecule has 1 atom stereocenters. The van der Waals surface area contributed by atoms with Gasteiger partial charge in [0, 0.05) is 12.8 Å². The molecule has 0 saturated heterocycles. The number of carbonyl (C=O) groups is 3. The first-order chi connectivity index (χ1) is 27.5. The summed E-state index contributed by atoms with van der Waals surface area (Å²) in [5.41, 5.74) is 0. The Morgan fingerprint density at radius 3 is 1.45 bits per heavy atom. The van der Waals surface area contributed by atoms with Crippen LogP contribution < -0.4 is 5.32 Å². The molecule has 0 aliphatic rings. The van der Waals surface area contributed by atoms with Crippen molar-refractivity contribution in [3.05, 3.63) is 109 Å². The zero-order valence-corrected chi connectivity index (χ0v) is 35.4. The lowest BCUT2D eigenvalue weighted by atomic mass is 10.1. The van der Waals surface area contributed by atoms with Crippen LogP contribution in [-0.2, 0) is 19.1 Å². The second-order valence-corrected chi connectivity index (χ2v) is 14.2. The minimum atomic E-state index is -1.03. The molecular formula is C50H79NO5. The molecule has 314 valence electrons. The van der Waals surface area contributed by atoms with E-state index in [0.29, 0.717) is 12.8 Å². The maximum Gasteiger partial charge on any atom is 0.322 e. The topological polar surface area (TPSA) is 92.7 Å². The van der Waals surface area contributed by atoms with E-state index in [1.54, 1.807) is 0 Å². The molecular weight excluding hydrogens is 695 g/mol. The summed E-state index contributed by atoms with van der Waals surface area (Å²) in [7, 11) is 0. The van der Waals surface area contributed by atoms with E-state index in [1.807, 2.05) is 6.08 Å². The van der Waals surface area contributed by atoms with Gasteiger partial charge < -0.3 is 15.2 Å². The van der Waals surface area contributed by atoms with E-state index in [4.69, 9.17) is 9.84 Å². The lowest BCUT2D eigenvalue weighted by Gasteiger charge is -2.14. The van der Waals surface area contributed by atoms with Crippen molar-refractivity contribution in [2.45, 2.75) is 180 Å². The number of ether oxygens (including phenoxy) is 1. The number of hydrogen-bond donors (Lipinski definition) is 2. The van der Waals surface area contributed by atoms with E-state index in [-0.39, 0.29) is 24.5 Å². The summed E-state index contributed by atoms with van der Waals surface area (Å²) >= 11 is 0. The Morgan fingerprint density at radius 2 is 0.929 bits per heavy atom. The molecule has 0 rings (SSSR count).